The Labute approximate surface area is 115 Å². The lowest BCUT2D eigenvalue weighted by atomic mass is 9.80. The molecule has 0 aliphatic heterocycles. The van der Waals surface area contributed by atoms with Crippen molar-refractivity contribution in [3.05, 3.63) is 34.4 Å². The quantitative estimate of drug-likeness (QED) is 0.598. The van der Waals surface area contributed by atoms with Gasteiger partial charge in [-0.2, -0.15) is 0 Å². The molecule has 7 heteroatoms. The van der Waals surface area contributed by atoms with Crippen LogP contribution in [0.5, 0.6) is 5.75 Å². The molecule has 108 valence electrons. The zero-order chi connectivity index (χ0) is 14.6. The van der Waals surface area contributed by atoms with E-state index in [-0.39, 0.29) is 24.7 Å². The number of nitro groups is 1. The van der Waals surface area contributed by atoms with Gasteiger partial charge in [0.25, 0.3) is 11.6 Å². The van der Waals surface area contributed by atoms with Crippen molar-refractivity contribution in [2.24, 2.45) is 0 Å². The second-order valence-corrected chi connectivity index (χ2v) is 4.89. The van der Waals surface area contributed by atoms with E-state index in [9.17, 15) is 20.0 Å². The zero-order valence-corrected chi connectivity index (χ0v) is 10.9. The molecule has 1 aromatic carbocycles. The third-order valence-corrected chi connectivity index (χ3v) is 3.32. The summed E-state index contributed by atoms with van der Waals surface area (Å²) < 4.78 is 5.20. The number of amides is 1. The molecule has 20 heavy (non-hydrogen) atoms. The molecule has 2 N–H and O–H groups in total. The highest BCUT2D eigenvalue weighted by Gasteiger charge is 2.34. The summed E-state index contributed by atoms with van der Waals surface area (Å²) in [7, 11) is 0. The van der Waals surface area contributed by atoms with Gasteiger partial charge >= 0.3 is 0 Å². The molecule has 0 aromatic heterocycles. The van der Waals surface area contributed by atoms with Gasteiger partial charge in [0.2, 0.25) is 0 Å². The van der Waals surface area contributed by atoms with Crippen LogP contribution in [0, 0.1) is 10.1 Å². The van der Waals surface area contributed by atoms with Crippen LogP contribution < -0.4 is 10.1 Å². The Bertz CT molecular complexity index is 496. The summed E-state index contributed by atoms with van der Waals surface area (Å²) in [5.74, 6) is 0.0526. The Hall–Kier alpha value is -2.15. The number of hydrogen-bond acceptors (Lipinski definition) is 5. The summed E-state index contributed by atoms with van der Waals surface area (Å²) >= 11 is 0. The van der Waals surface area contributed by atoms with Gasteiger partial charge in [0, 0.05) is 18.7 Å². The molecule has 1 aliphatic rings. The molecule has 0 radical (unpaired) electrons. The first-order chi connectivity index (χ1) is 9.48. The van der Waals surface area contributed by atoms with Crippen LogP contribution >= 0.6 is 0 Å². The van der Waals surface area contributed by atoms with Gasteiger partial charge < -0.3 is 15.2 Å². The third-order valence-electron chi connectivity index (χ3n) is 3.32. The van der Waals surface area contributed by atoms with E-state index in [1.54, 1.807) is 0 Å². The van der Waals surface area contributed by atoms with E-state index in [0.29, 0.717) is 18.6 Å². The van der Waals surface area contributed by atoms with E-state index in [4.69, 9.17) is 4.74 Å². The first-order valence-corrected chi connectivity index (χ1v) is 6.35. The van der Waals surface area contributed by atoms with Crippen molar-refractivity contribution in [3.63, 3.8) is 0 Å². The standard InChI is InChI=1S/C13H16N2O5/c16-12(14-9-13(17)6-1-7-13)8-20-11-4-2-10(3-5-11)15(18)19/h2-5,17H,1,6-9H2,(H,14,16). The first-order valence-electron chi connectivity index (χ1n) is 6.35. The maximum atomic E-state index is 11.5. The second kappa shape index (κ2) is 5.87. The molecule has 0 unspecified atom stereocenters. The predicted molar refractivity (Wildman–Crippen MR) is 70.4 cm³/mol. The Kier molecular flexibility index (Phi) is 4.19. The van der Waals surface area contributed by atoms with Gasteiger partial charge in [-0.05, 0) is 31.4 Å². The van der Waals surface area contributed by atoms with Crippen molar-refractivity contribution in [2.75, 3.05) is 13.2 Å². The number of non-ortho nitro benzene ring substituents is 1. The number of carbonyl (C=O) groups is 1. The van der Waals surface area contributed by atoms with Crippen molar-refractivity contribution in [1.82, 2.24) is 5.32 Å². The molecule has 0 heterocycles. The summed E-state index contributed by atoms with van der Waals surface area (Å²) in [6, 6.07) is 5.49. The van der Waals surface area contributed by atoms with Gasteiger partial charge in [-0.15, -0.1) is 0 Å². The smallest absolute Gasteiger partial charge is 0.269 e. The van der Waals surface area contributed by atoms with E-state index in [0.717, 1.165) is 6.42 Å². The van der Waals surface area contributed by atoms with E-state index in [1.807, 2.05) is 0 Å². The minimum atomic E-state index is -0.761. The topological polar surface area (TPSA) is 102 Å². The number of nitrogens with one attached hydrogen (secondary N) is 1. The Morgan fingerprint density at radius 2 is 2.05 bits per heavy atom. The number of carbonyl (C=O) groups excluding carboxylic acids is 1. The molecule has 0 saturated heterocycles. The summed E-state index contributed by atoms with van der Waals surface area (Å²) in [6.07, 6.45) is 2.39. The molecule has 0 spiro atoms. The fourth-order valence-corrected chi connectivity index (χ4v) is 1.89. The number of nitrogens with zero attached hydrogens (tertiary/aromatic N) is 1. The number of ether oxygens (including phenoxy) is 1. The van der Waals surface area contributed by atoms with E-state index < -0.39 is 10.5 Å². The van der Waals surface area contributed by atoms with Crippen molar-refractivity contribution in [1.29, 1.82) is 0 Å². The van der Waals surface area contributed by atoms with Gasteiger partial charge in [-0.25, -0.2) is 0 Å². The molecule has 1 aliphatic carbocycles. The van der Waals surface area contributed by atoms with Crippen molar-refractivity contribution >= 4 is 11.6 Å². The van der Waals surface area contributed by atoms with E-state index in [2.05, 4.69) is 5.32 Å². The fourth-order valence-electron chi connectivity index (χ4n) is 1.89. The predicted octanol–water partition coefficient (Wildman–Crippen LogP) is 1.00. The summed E-state index contributed by atoms with van der Waals surface area (Å²) in [5, 5.41) is 22.9. The molecule has 1 fully saturated rings. The summed E-state index contributed by atoms with van der Waals surface area (Å²) in [6.45, 7) is 0.0450. The summed E-state index contributed by atoms with van der Waals surface area (Å²) in [5.41, 5.74) is -0.794. The van der Waals surface area contributed by atoms with Crippen LogP contribution in [0.2, 0.25) is 0 Å². The average molecular weight is 280 g/mol. The van der Waals surface area contributed by atoms with Gasteiger partial charge in [0.15, 0.2) is 6.61 Å². The average Bonchev–Trinajstić information content (AvgIpc) is 2.41. The monoisotopic (exact) mass is 280 g/mol. The maximum Gasteiger partial charge on any atom is 0.269 e. The van der Waals surface area contributed by atoms with Crippen molar-refractivity contribution in [3.8, 4) is 5.75 Å². The Morgan fingerprint density at radius 3 is 2.55 bits per heavy atom. The summed E-state index contributed by atoms with van der Waals surface area (Å²) in [4.78, 5) is 21.5. The minimum Gasteiger partial charge on any atom is -0.484 e. The molecule has 1 amide bonds. The molecular weight excluding hydrogens is 264 g/mol. The lowest BCUT2D eigenvalue weighted by molar-refractivity contribution is -0.384. The van der Waals surface area contributed by atoms with Gasteiger partial charge in [-0.3, -0.25) is 14.9 Å². The van der Waals surface area contributed by atoms with Crippen LogP contribution in [0.3, 0.4) is 0 Å². The largest absolute Gasteiger partial charge is 0.484 e. The molecule has 1 saturated carbocycles. The van der Waals surface area contributed by atoms with E-state index in [1.165, 1.54) is 24.3 Å². The molecule has 0 bridgehead atoms. The second-order valence-electron chi connectivity index (χ2n) is 4.89. The molecule has 0 atom stereocenters. The highest BCUT2D eigenvalue weighted by molar-refractivity contribution is 5.77. The molecule has 1 aromatic rings. The zero-order valence-electron chi connectivity index (χ0n) is 10.9. The van der Waals surface area contributed by atoms with Crippen LogP contribution in [0.1, 0.15) is 19.3 Å². The lowest BCUT2D eigenvalue weighted by Gasteiger charge is -2.36. The fraction of sp³-hybridized carbons (Fsp3) is 0.462. The van der Waals surface area contributed by atoms with Gasteiger partial charge in [0.05, 0.1) is 10.5 Å². The van der Waals surface area contributed by atoms with Gasteiger partial charge in [-0.1, -0.05) is 0 Å². The number of hydrogen-bond donors (Lipinski definition) is 2. The maximum absolute atomic E-state index is 11.5. The number of benzene rings is 1. The van der Waals surface area contributed by atoms with Crippen LogP contribution in [-0.2, 0) is 4.79 Å². The number of rotatable bonds is 6. The van der Waals surface area contributed by atoms with Crippen molar-refractivity contribution < 1.29 is 19.6 Å². The van der Waals surface area contributed by atoms with Crippen molar-refractivity contribution in [2.45, 2.75) is 24.9 Å². The van der Waals surface area contributed by atoms with Crippen LogP contribution in [0.15, 0.2) is 24.3 Å². The van der Waals surface area contributed by atoms with Crippen LogP contribution in [0.4, 0.5) is 5.69 Å². The van der Waals surface area contributed by atoms with Gasteiger partial charge in [0.1, 0.15) is 5.75 Å². The van der Waals surface area contributed by atoms with Crippen LogP contribution in [0.25, 0.3) is 0 Å². The molecule has 2 rings (SSSR count). The molecular formula is C13H16N2O5. The molecule has 7 nitrogen and oxygen atoms in total. The highest BCUT2D eigenvalue weighted by atomic mass is 16.6. The van der Waals surface area contributed by atoms with E-state index >= 15 is 0 Å². The Balaban J connectivity index is 1.73. The third kappa shape index (κ3) is 3.67. The van der Waals surface area contributed by atoms with Crippen LogP contribution in [-0.4, -0.2) is 34.7 Å². The number of aliphatic hydroxyl groups is 1. The number of nitro benzene ring substituents is 1. The Morgan fingerprint density at radius 1 is 1.40 bits per heavy atom. The first kappa shape index (κ1) is 14.3. The lowest BCUT2D eigenvalue weighted by Crippen LogP contribution is -2.48. The highest BCUT2D eigenvalue weighted by Crippen LogP contribution is 2.30. The normalized spacial score (nSPS) is 16.1. The SMILES string of the molecule is O=C(COc1ccc([N+](=O)[O-])cc1)NCC1(O)CCC1. The minimum absolute atomic E-state index is 0.0333.